The van der Waals surface area contributed by atoms with Crippen molar-refractivity contribution in [1.29, 1.82) is 0 Å². The molecule has 0 fully saturated rings. The van der Waals surface area contributed by atoms with Crippen LogP contribution in [0.3, 0.4) is 0 Å². The number of aromatic nitrogens is 2. The second-order valence-electron chi connectivity index (χ2n) is 3.75. The molecule has 2 aromatic rings. The lowest BCUT2D eigenvalue weighted by Crippen LogP contribution is -2.15. The van der Waals surface area contributed by atoms with E-state index in [0.29, 0.717) is 0 Å². The van der Waals surface area contributed by atoms with Crippen LogP contribution in [0.25, 0.3) is 11.0 Å². The van der Waals surface area contributed by atoms with E-state index in [9.17, 15) is 4.79 Å². The van der Waals surface area contributed by atoms with Crippen LogP contribution in [0.2, 0.25) is 0 Å². The molecule has 0 amide bonds. The molecule has 1 atom stereocenters. The number of hydrogen-bond acceptors (Lipinski definition) is 2. The average Bonchev–Trinajstić information content (AvgIpc) is 2.59. The van der Waals surface area contributed by atoms with Crippen molar-refractivity contribution < 1.29 is 0 Å². The molecule has 0 saturated heterocycles. The summed E-state index contributed by atoms with van der Waals surface area (Å²) in [7, 11) is 1.94. The number of aromatic amines is 2. The van der Waals surface area contributed by atoms with Crippen LogP contribution in [0, 0.1) is 0 Å². The topological polar surface area (TPSA) is 60.7 Å². The van der Waals surface area contributed by atoms with Crippen LogP contribution in [-0.4, -0.2) is 17.0 Å². The van der Waals surface area contributed by atoms with E-state index < -0.39 is 0 Å². The molecule has 16 heavy (non-hydrogen) atoms. The van der Waals surface area contributed by atoms with E-state index in [1.54, 1.807) is 0 Å². The smallest absolute Gasteiger partial charge is 0.313 e. The molecule has 4 nitrogen and oxygen atoms in total. The molecular weight excluding hydrogens is 270 g/mol. The molecule has 2 rings (SSSR count). The van der Waals surface area contributed by atoms with Crippen molar-refractivity contribution in [2.75, 3.05) is 7.05 Å². The van der Waals surface area contributed by atoms with Gasteiger partial charge in [-0.05, 0) is 31.2 Å². The molecular formula is C11H14BrN3O. The van der Waals surface area contributed by atoms with Crippen molar-refractivity contribution in [3.8, 4) is 0 Å². The maximum Gasteiger partial charge on any atom is 0.323 e. The van der Waals surface area contributed by atoms with E-state index in [1.165, 1.54) is 0 Å². The van der Waals surface area contributed by atoms with E-state index in [2.05, 4.69) is 38.1 Å². The van der Waals surface area contributed by atoms with Gasteiger partial charge < -0.3 is 15.3 Å². The monoisotopic (exact) mass is 283 g/mol. The Bertz CT molecular complexity index is 554. The molecule has 1 heterocycles. The highest BCUT2D eigenvalue weighted by molar-refractivity contribution is 9.10. The van der Waals surface area contributed by atoms with Crippen LogP contribution < -0.4 is 11.0 Å². The van der Waals surface area contributed by atoms with Crippen LogP contribution in [0.15, 0.2) is 21.4 Å². The Kier molecular flexibility index (Phi) is 3.16. The summed E-state index contributed by atoms with van der Waals surface area (Å²) in [4.78, 5) is 16.7. The van der Waals surface area contributed by atoms with Gasteiger partial charge in [0.2, 0.25) is 0 Å². The first-order valence-electron chi connectivity index (χ1n) is 5.24. The zero-order valence-corrected chi connectivity index (χ0v) is 10.8. The standard InChI is InChI=1S/C11H14BrN3O/c1-3-8(13-2)6-4-9-10(5-7(6)12)15-11(16)14-9/h4-5,8,13H,3H2,1-2H3,(H2,14,15,16). The summed E-state index contributed by atoms with van der Waals surface area (Å²) in [5, 5.41) is 3.25. The summed E-state index contributed by atoms with van der Waals surface area (Å²) < 4.78 is 1.01. The third kappa shape index (κ3) is 1.92. The van der Waals surface area contributed by atoms with E-state index in [4.69, 9.17) is 0 Å². The number of nitrogens with one attached hydrogen (secondary N) is 3. The molecule has 0 aliphatic heterocycles. The van der Waals surface area contributed by atoms with Gasteiger partial charge in [0.05, 0.1) is 11.0 Å². The van der Waals surface area contributed by atoms with E-state index in [-0.39, 0.29) is 11.7 Å². The second-order valence-corrected chi connectivity index (χ2v) is 4.60. The number of fused-ring (bicyclic) bond motifs is 1. The highest BCUT2D eigenvalue weighted by Crippen LogP contribution is 2.28. The van der Waals surface area contributed by atoms with Gasteiger partial charge in [0.1, 0.15) is 0 Å². The SMILES string of the molecule is CCC(NC)c1cc2[nH]c(=O)[nH]c2cc1Br. The fourth-order valence-corrected chi connectivity index (χ4v) is 2.54. The molecule has 1 aromatic carbocycles. The molecule has 3 N–H and O–H groups in total. The minimum Gasteiger partial charge on any atom is -0.313 e. The highest BCUT2D eigenvalue weighted by atomic mass is 79.9. The van der Waals surface area contributed by atoms with Gasteiger partial charge in [0.25, 0.3) is 0 Å². The van der Waals surface area contributed by atoms with Gasteiger partial charge in [-0.1, -0.05) is 22.9 Å². The zero-order valence-electron chi connectivity index (χ0n) is 9.23. The molecule has 0 spiro atoms. The number of halogens is 1. The van der Waals surface area contributed by atoms with Gasteiger partial charge in [-0.15, -0.1) is 0 Å². The molecule has 0 aliphatic rings. The quantitative estimate of drug-likeness (QED) is 0.809. The molecule has 1 aromatic heterocycles. The van der Waals surface area contributed by atoms with Crippen LogP contribution in [0.4, 0.5) is 0 Å². The summed E-state index contributed by atoms with van der Waals surface area (Å²) in [6.07, 6.45) is 0.995. The Balaban J connectivity index is 2.61. The van der Waals surface area contributed by atoms with Gasteiger partial charge >= 0.3 is 5.69 Å². The molecule has 0 saturated carbocycles. The number of benzene rings is 1. The maximum absolute atomic E-state index is 11.2. The Morgan fingerprint density at radius 2 is 2.00 bits per heavy atom. The molecule has 0 bridgehead atoms. The summed E-state index contributed by atoms with van der Waals surface area (Å²) >= 11 is 3.53. The van der Waals surface area contributed by atoms with Crippen molar-refractivity contribution >= 4 is 27.0 Å². The minimum atomic E-state index is -0.170. The van der Waals surface area contributed by atoms with E-state index >= 15 is 0 Å². The minimum absolute atomic E-state index is 0.170. The summed E-state index contributed by atoms with van der Waals surface area (Å²) in [5.74, 6) is 0. The third-order valence-corrected chi connectivity index (χ3v) is 3.45. The van der Waals surface area contributed by atoms with Crippen LogP contribution in [0.5, 0.6) is 0 Å². The van der Waals surface area contributed by atoms with Gasteiger partial charge in [0.15, 0.2) is 0 Å². The predicted octanol–water partition coefficient (Wildman–Crippen LogP) is 2.29. The summed E-state index contributed by atoms with van der Waals surface area (Å²) in [6.45, 7) is 2.12. The first-order valence-corrected chi connectivity index (χ1v) is 6.03. The van der Waals surface area contributed by atoms with Crippen molar-refractivity contribution in [3.63, 3.8) is 0 Å². The van der Waals surface area contributed by atoms with E-state index in [1.807, 2.05) is 19.2 Å². The largest absolute Gasteiger partial charge is 0.323 e. The number of rotatable bonds is 3. The lowest BCUT2D eigenvalue weighted by molar-refractivity contribution is 0.575. The first kappa shape index (κ1) is 11.4. The summed E-state index contributed by atoms with van der Waals surface area (Å²) in [6, 6.07) is 4.22. The first-order chi connectivity index (χ1) is 7.65. The van der Waals surface area contributed by atoms with Gasteiger partial charge in [-0.25, -0.2) is 4.79 Å². The van der Waals surface area contributed by atoms with Crippen molar-refractivity contribution in [2.24, 2.45) is 0 Å². The Labute approximate surface area is 102 Å². The lowest BCUT2D eigenvalue weighted by atomic mass is 10.0. The van der Waals surface area contributed by atoms with Crippen molar-refractivity contribution in [3.05, 3.63) is 32.7 Å². The fraction of sp³-hybridized carbons (Fsp3) is 0.364. The van der Waals surface area contributed by atoms with Gasteiger partial charge in [0, 0.05) is 10.5 Å². The van der Waals surface area contributed by atoms with Crippen molar-refractivity contribution in [1.82, 2.24) is 15.3 Å². The molecule has 5 heteroatoms. The zero-order chi connectivity index (χ0) is 11.7. The van der Waals surface area contributed by atoms with Gasteiger partial charge in [-0.3, -0.25) is 0 Å². The molecule has 1 unspecified atom stereocenters. The molecule has 86 valence electrons. The Morgan fingerprint density at radius 3 is 2.56 bits per heavy atom. The number of imidazole rings is 1. The van der Waals surface area contributed by atoms with E-state index in [0.717, 1.165) is 27.5 Å². The average molecular weight is 284 g/mol. The summed E-state index contributed by atoms with van der Waals surface area (Å²) in [5.41, 5.74) is 2.66. The maximum atomic E-state index is 11.2. The van der Waals surface area contributed by atoms with Gasteiger partial charge in [-0.2, -0.15) is 0 Å². The van der Waals surface area contributed by atoms with Crippen LogP contribution in [-0.2, 0) is 0 Å². The lowest BCUT2D eigenvalue weighted by Gasteiger charge is -2.16. The molecule has 0 radical (unpaired) electrons. The molecule has 0 aliphatic carbocycles. The van der Waals surface area contributed by atoms with Crippen LogP contribution >= 0.6 is 15.9 Å². The Morgan fingerprint density at radius 1 is 1.38 bits per heavy atom. The second kappa shape index (κ2) is 4.43. The number of hydrogen-bond donors (Lipinski definition) is 3. The normalized spacial score (nSPS) is 13.2. The Hall–Kier alpha value is -1.07. The predicted molar refractivity (Wildman–Crippen MR) is 68.7 cm³/mol. The number of H-pyrrole nitrogens is 2. The third-order valence-electron chi connectivity index (χ3n) is 2.77. The fourth-order valence-electron chi connectivity index (χ4n) is 1.92. The highest BCUT2D eigenvalue weighted by Gasteiger charge is 2.12. The van der Waals surface area contributed by atoms with Crippen molar-refractivity contribution in [2.45, 2.75) is 19.4 Å². The van der Waals surface area contributed by atoms with Crippen LogP contribution in [0.1, 0.15) is 24.9 Å².